The van der Waals surface area contributed by atoms with Crippen LogP contribution in [0.4, 0.5) is 11.5 Å². The Labute approximate surface area is 225 Å². The summed E-state index contributed by atoms with van der Waals surface area (Å²) in [6.45, 7) is 2.06. The van der Waals surface area contributed by atoms with E-state index in [9.17, 15) is 15.3 Å². The number of benzene rings is 3. The maximum absolute atomic E-state index is 12.5. The molecule has 1 amide bonds. The summed E-state index contributed by atoms with van der Waals surface area (Å²) in [7, 11) is 0. The maximum atomic E-state index is 12.5. The van der Waals surface area contributed by atoms with Crippen LogP contribution in [0.15, 0.2) is 83.9 Å². The van der Waals surface area contributed by atoms with Crippen LogP contribution in [0, 0.1) is 22.7 Å². The average Bonchev–Trinajstić information content (AvgIpc) is 2.94. The van der Waals surface area contributed by atoms with Crippen molar-refractivity contribution in [1.29, 1.82) is 10.5 Å². The number of aromatic nitrogens is 1. The number of carbonyl (C=O) groups is 1. The SMILES string of the molecule is CCc1ccc(-c2c(C#N)c(N)nc(SCCC(=O)Nc3ccc(Oc4ccccc4)cc3)c2C#N)cc1. The molecule has 188 valence electrons. The predicted molar refractivity (Wildman–Crippen MR) is 150 cm³/mol. The Bertz CT molecular complexity index is 1510. The van der Waals surface area contributed by atoms with Crippen LogP contribution in [-0.4, -0.2) is 16.6 Å². The van der Waals surface area contributed by atoms with Gasteiger partial charge in [-0.3, -0.25) is 4.79 Å². The summed E-state index contributed by atoms with van der Waals surface area (Å²) < 4.78 is 5.77. The highest BCUT2D eigenvalue weighted by Gasteiger charge is 2.20. The number of rotatable bonds is 9. The Balaban J connectivity index is 1.42. The second kappa shape index (κ2) is 12.4. The van der Waals surface area contributed by atoms with E-state index in [1.807, 2.05) is 54.6 Å². The molecule has 0 bridgehead atoms. The van der Waals surface area contributed by atoms with Gasteiger partial charge in [0.15, 0.2) is 0 Å². The number of nitrogen functional groups attached to an aromatic ring is 1. The van der Waals surface area contributed by atoms with Gasteiger partial charge in [0, 0.05) is 23.4 Å². The van der Waals surface area contributed by atoms with E-state index in [1.165, 1.54) is 11.8 Å². The molecule has 3 N–H and O–H groups in total. The molecule has 0 aliphatic rings. The number of hydrogen-bond donors (Lipinski definition) is 2. The van der Waals surface area contributed by atoms with E-state index >= 15 is 0 Å². The first kappa shape index (κ1) is 26.3. The van der Waals surface area contributed by atoms with E-state index in [2.05, 4.69) is 29.4 Å². The van der Waals surface area contributed by atoms with Crippen molar-refractivity contribution in [3.05, 3.63) is 95.6 Å². The standard InChI is InChI=1S/C30H25N5O2S/c1-2-20-8-10-21(11-9-20)28-25(18-31)29(33)35-30(26(28)19-32)38-17-16-27(36)34-22-12-14-24(15-13-22)37-23-6-4-3-5-7-23/h3-15H,2,16-17H2,1H3,(H2,33,35)(H,34,36). The number of ether oxygens (including phenoxy) is 1. The van der Waals surface area contributed by atoms with Gasteiger partial charge in [0.1, 0.15) is 40.0 Å². The van der Waals surface area contributed by atoms with Crippen molar-refractivity contribution in [2.75, 3.05) is 16.8 Å². The molecule has 0 saturated heterocycles. The Morgan fingerprint density at radius 1 is 0.947 bits per heavy atom. The number of hydrogen-bond acceptors (Lipinski definition) is 7. The predicted octanol–water partition coefficient (Wildman–Crippen LogP) is 6.55. The van der Waals surface area contributed by atoms with Crippen molar-refractivity contribution in [1.82, 2.24) is 4.98 Å². The summed E-state index contributed by atoms with van der Waals surface area (Å²) >= 11 is 1.26. The third-order valence-corrected chi connectivity index (χ3v) is 6.73. The molecule has 0 radical (unpaired) electrons. The molecular weight excluding hydrogens is 494 g/mol. The van der Waals surface area contributed by atoms with Crippen LogP contribution in [0.1, 0.15) is 30.0 Å². The maximum Gasteiger partial charge on any atom is 0.225 e. The van der Waals surface area contributed by atoms with E-state index in [-0.39, 0.29) is 29.3 Å². The smallest absolute Gasteiger partial charge is 0.225 e. The number of anilines is 2. The van der Waals surface area contributed by atoms with Gasteiger partial charge >= 0.3 is 0 Å². The first-order valence-corrected chi connectivity index (χ1v) is 13.0. The fourth-order valence-corrected chi connectivity index (χ4v) is 4.73. The molecule has 7 nitrogen and oxygen atoms in total. The second-order valence-corrected chi connectivity index (χ2v) is 9.37. The van der Waals surface area contributed by atoms with E-state index in [1.54, 1.807) is 24.3 Å². The van der Waals surface area contributed by atoms with Crippen LogP contribution in [0.5, 0.6) is 11.5 Å². The van der Waals surface area contributed by atoms with Crippen LogP contribution in [-0.2, 0) is 11.2 Å². The minimum Gasteiger partial charge on any atom is -0.457 e. The number of nitriles is 2. The number of thioether (sulfide) groups is 1. The Hall–Kier alpha value is -4.79. The average molecular weight is 520 g/mol. The van der Waals surface area contributed by atoms with Gasteiger partial charge < -0.3 is 15.8 Å². The lowest BCUT2D eigenvalue weighted by Gasteiger charge is -2.13. The molecule has 0 atom stereocenters. The van der Waals surface area contributed by atoms with Gasteiger partial charge in [0.2, 0.25) is 5.91 Å². The lowest BCUT2D eigenvalue weighted by atomic mass is 9.96. The summed E-state index contributed by atoms with van der Waals surface area (Å²) in [5.74, 6) is 1.66. The minimum atomic E-state index is -0.176. The van der Waals surface area contributed by atoms with Gasteiger partial charge in [0.05, 0.1) is 5.56 Å². The largest absolute Gasteiger partial charge is 0.457 e. The number of nitrogens with two attached hydrogens (primary N) is 1. The molecule has 0 saturated carbocycles. The van der Waals surface area contributed by atoms with E-state index in [0.717, 1.165) is 23.3 Å². The molecule has 0 fully saturated rings. The fourth-order valence-electron chi connectivity index (χ4n) is 3.79. The Morgan fingerprint density at radius 2 is 1.61 bits per heavy atom. The molecule has 4 aromatic rings. The molecule has 0 aliphatic carbocycles. The van der Waals surface area contributed by atoms with Crippen molar-refractivity contribution < 1.29 is 9.53 Å². The quantitative estimate of drug-likeness (QED) is 0.240. The molecular formula is C30H25N5O2S. The highest BCUT2D eigenvalue weighted by Crippen LogP contribution is 2.36. The third-order valence-electron chi connectivity index (χ3n) is 5.75. The third kappa shape index (κ3) is 6.31. The van der Waals surface area contributed by atoms with Crippen LogP contribution >= 0.6 is 11.8 Å². The molecule has 1 aromatic heterocycles. The van der Waals surface area contributed by atoms with Crippen LogP contribution in [0.2, 0.25) is 0 Å². The van der Waals surface area contributed by atoms with E-state index < -0.39 is 0 Å². The molecule has 0 spiro atoms. The Morgan fingerprint density at radius 3 is 2.24 bits per heavy atom. The summed E-state index contributed by atoms with van der Waals surface area (Å²) in [5, 5.41) is 22.9. The van der Waals surface area contributed by atoms with Crippen LogP contribution < -0.4 is 15.8 Å². The fraction of sp³-hybridized carbons (Fsp3) is 0.133. The molecule has 3 aromatic carbocycles. The summed E-state index contributed by atoms with van der Waals surface area (Å²) in [4.78, 5) is 16.9. The van der Waals surface area contributed by atoms with Crippen LogP contribution in [0.25, 0.3) is 11.1 Å². The number of nitrogens with one attached hydrogen (secondary N) is 1. The topological polar surface area (TPSA) is 125 Å². The number of aryl methyl sites for hydroxylation is 1. The minimum absolute atomic E-state index is 0.0610. The Kier molecular flexibility index (Phi) is 8.61. The normalized spacial score (nSPS) is 10.3. The molecule has 0 aliphatic heterocycles. The number of carbonyl (C=O) groups excluding carboxylic acids is 1. The molecule has 4 rings (SSSR count). The highest BCUT2D eigenvalue weighted by atomic mass is 32.2. The van der Waals surface area contributed by atoms with Gasteiger partial charge in [-0.1, -0.05) is 49.4 Å². The van der Waals surface area contributed by atoms with E-state index in [0.29, 0.717) is 27.8 Å². The molecule has 1 heterocycles. The second-order valence-electron chi connectivity index (χ2n) is 8.29. The van der Waals surface area contributed by atoms with Gasteiger partial charge in [-0.2, -0.15) is 10.5 Å². The lowest BCUT2D eigenvalue weighted by Crippen LogP contribution is -2.12. The zero-order chi connectivity index (χ0) is 26.9. The van der Waals surface area contributed by atoms with Crippen LogP contribution in [0.3, 0.4) is 0 Å². The first-order chi connectivity index (χ1) is 18.5. The number of amides is 1. The monoisotopic (exact) mass is 519 g/mol. The molecule has 8 heteroatoms. The van der Waals surface area contributed by atoms with Crippen molar-refractivity contribution in [2.45, 2.75) is 24.8 Å². The van der Waals surface area contributed by atoms with Crippen molar-refractivity contribution in [2.24, 2.45) is 0 Å². The zero-order valence-corrected chi connectivity index (χ0v) is 21.6. The lowest BCUT2D eigenvalue weighted by molar-refractivity contribution is -0.115. The van der Waals surface area contributed by atoms with Gasteiger partial charge in [-0.15, -0.1) is 11.8 Å². The van der Waals surface area contributed by atoms with E-state index in [4.69, 9.17) is 10.5 Å². The number of para-hydroxylation sites is 1. The zero-order valence-electron chi connectivity index (χ0n) is 20.8. The summed E-state index contributed by atoms with van der Waals surface area (Å²) in [6, 6.07) is 28.5. The van der Waals surface area contributed by atoms with Gasteiger partial charge in [-0.25, -0.2) is 4.98 Å². The summed E-state index contributed by atoms with van der Waals surface area (Å²) in [6.07, 6.45) is 1.07. The van der Waals surface area contributed by atoms with Crippen molar-refractivity contribution in [3.8, 4) is 34.8 Å². The highest BCUT2D eigenvalue weighted by molar-refractivity contribution is 7.99. The van der Waals surface area contributed by atoms with Gasteiger partial charge in [-0.05, 0) is 53.9 Å². The molecule has 0 unspecified atom stereocenters. The summed E-state index contributed by atoms with van der Waals surface area (Å²) in [5.41, 5.74) is 9.54. The van der Waals surface area contributed by atoms with Crippen molar-refractivity contribution >= 4 is 29.2 Å². The van der Waals surface area contributed by atoms with Crippen molar-refractivity contribution in [3.63, 3.8) is 0 Å². The van der Waals surface area contributed by atoms with Gasteiger partial charge in [0.25, 0.3) is 0 Å². The number of pyridine rings is 1. The molecule has 38 heavy (non-hydrogen) atoms. The first-order valence-electron chi connectivity index (χ1n) is 12.0. The number of nitrogens with zero attached hydrogens (tertiary/aromatic N) is 3.